The third-order valence-electron chi connectivity index (χ3n) is 3.95. The van der Waals surface area contributed by atoms with Crippen molar-refractivity contribution in [3.63, 3.8) is 0 Å². The van der Waals surface area contributed by atoms with Crippen LogP contribution in [0.5, 0.6) is 5.75 Å². The van der Waals surface area contributed by atoms with Gasteiger partial charge in [-0.25, -0.2) is 0 Å². The molecule has 0 radical (unpaired) electrons. The fourth-order valence-electron chi connectivity index (χ4n) is 2.87. The summed E-state index contributed by atoms with van der Waals surface area (Å²) in [5, 5.41) is 4.17. The van der Waals surface area contributed by atoms with Gasteiger partial charge in [0.2, 0.25) is 0 Å². The van der Waals surface area contributed by atoms with E-state index >= 15 is 0 Å². The Balaban J connectivity index is 2.17. The van der Waals surface area contributed by atoms with E-state index < -0.39 is 0 Å². The number of hydrogen-bond acceptors (Lipinski definition) is 4. The molecule has 1 saturated carbocycles. The average molecular weight is 265 g/mol. The molecule has 0 amide bonds. The molecule has 1 heterocycles. The number of hydrogen-bond donors (Lipinski definition) is 1. The Hall–Kier alpha value is -1.36. The van der Waals surface area contributed by atoms with Crippen molar-refractivity contribution in [2.24, 2.45) is 5.73 Å². The highest BCUT2D eigenvalue weighted by molar-refractivity contribution is 5.97. The molecule has 1 aliphatic carbocycles. The van der Waals surface area contributed by atoms with Crippen molar-refractivity contribution in [2.75, 3.05) is 7.11 Å². The van der Waals surface area contributed by atoms with Gasteiger partial charge in [0.25, 0.3) is 0 Å². The summed E-state index contributed by atoms with van der Waals surface area (Å²) < 4.78 is 6.91. The molecule has 5 nitrogen and oxygen atoms in total. The van der Waals surface area contributed by atoms with E-state index in [0.717, 1.165) is 25.7 Å². The fraction of sp³-hybridized carbons (Fsp3) is 0.714. The zero-order chi connectivity index (χ0) is 13.9. The van der Waals surface area contributed by atoms with Crippen LogP contribution in [-0.2, 0) is 6.54 Å². The molecule has 1 aromatic rings. The Labute approximate surface area is 114 Å². The molecule has 19 heavy (non-hydrogen) atoms. The quantitative estimate of drug-likeness (QED) is 0.828. The van der Waals surface area contributed by atoms with Crippen LogP contribution in [0.4, 0.5) is 0 Å². The summed E-state index contributed by atoms with van der Waals surface area (Å²) in [7, 11) is 1.56. The normalized spacial score (nSPS) is 18.3. The number of rotatable bonds is 5. The van der Waals surface area contributed by atoms with E-state index in [1.54, 1.807) is 18.0 Å². The van der Waals surface area contributed by atoms with Crippen molar-refractivity contribution in [3.8, 4) is 5.75 Å². The lowest BCUT2D eigenvalue weighted by atomic mass is 9.79. The Morgan fingerprint density at radius 3 is 2.74 bits per heavy atom. The maximum absolute atomic E-state index is 12.5. The molecule has 0 unspecified atom stereocenters. The number of Topliss-reactive ketones (excluding diaryl/α,β-unsaturated/α-hetero) is 1. The molecule has 0 aliphatic heterocycles. The van der Waals surface area contributed by atoms with Crippen LogP contribution in [0.15, 0.2) is 6.20 Å². The molecule has 0 saturated heterocycles. The predicted molar refractivity (Wildman–Crippen MR) is 73.4 cm³/mol. The summed E-state index contributed by atoms with van der Waals surface area (Å²) in [4.78, 5) is 12.5. The lowest BCUT2D eigenvalue weighted by molar-refractivity contribution is 0.0921. The third-order valence-corrected chi connectivity index (χ3v) is 3.95. The summed E-state index contributed by atoms with van der Waals surface area (Å²) in [6.45, 7) is 2.62. The number of nitrogens with two attached hydrogens (primary N) is 1. The number of carbonyl (C=O) groups excluding carboxylic acids is 1. The van der Waals surface area contributed by atoms with Crippen molar-refractivity contribution in [1.82, 2.24) is 9.78 Å². The largest absolute Gasteiger partial charge is 0.493 e. The second-order valence-corrected chi connectivity index (χ2v) is 5.40. The van der Waals surface area contributed by atoms with Crippen molar-refractivity contribution in [3.05, 3.63) is 11.9 Å². The van der Waals surface area contributed by atoms with E-state index in [1.807, 2.05) is 6.92 Å². The summed E-state index contributed by atoms with van der Waals surface area (Å²) in [5.74, 6) is 0.590. The molecule has 106 valence electrons. The first kappa shape index (κ1) is 14.1. The maximum Gasteiger partial charge on any atom is 0.186 e. The second-order valence-electron chi connectivity index (χ2n) is 5.40. The standard InChI is InChI=1S/C14H23N3O2/c1-3-17-13(12(19-2)10-16-17)11(18)9-14(15)7-5-4-6-8-14/h10H,3-9,15H2,1-2H3. The molecule has 0 aromatic carbocycles. The van der Waals surface area contributed by atoms with Crippen LogP contribution >= 0.6 is 0 Å². The number of nitrogens with zero attached hydrogens (tertiary/aromatic N) is 2. The Kier molecular flexibility index (Phi) is 4.24. The fourth-order valence-corrected chi connectivity index (χ4v) is 2.87. The van der Waals surface area contributed by atoms with Crippen LogP contribution in [0.2, 0.25) is 0 Å². The van der Waals surface area contributed by atoms with Gasteiger partial charge in [-0.1, -0.05) is 19.3 Å². The molecule has 1 fully saturated rings. The van der Waals surface area contributed by atoms with Crippen LogP contribution in [0.25, 0.3) is 0 Å². The van der Waals surface area contributed by atoms with Crippen LogP contribution < -0.4 is 10.5 Å². The van der Waals surface area contributed by atoms with Gasteiger partial charge in [0, 0.05) is 18.5 Å². The van der Waals surface area contributed by atoms with E-state index in [0.29, 0.717) is 24.4 Å². The van der Waals surface area contributed by atoms with E-state index in [2.05, 4.69) is 5.10 Å². The SMILES string of the molecule is CCn1ncc(OC)c1C(=O)CC1(N)CCCCC1. The van der Waals surface area contributed by atoms with Crippen molar-refractivity contribution in [2.45, 2.75) is 57.5 Å². The summed E-state index contributed by atoms with van der Waals surface area (Å²) >= 11 is 0. The minimum absolute atomic E-state index is 0.0422. The monoisotopic (exact) mass is 265 g/mol. The van der Waals surface area contributed by atoms with Gasteiger partial charge in [0.05, 0.1) is 13.3 Å². The Morgan fingerprint density at radius 2 is 2.16 bits per heavy atom. The Morgan fingerprint density at radius 1 is 1.47 bits per heavy atom. The summed E-state index contributed by atoms with van der Waals surface area (Å²) in [5.41, 5.74) is 6.57. The molecule has 0 spiro atoms. The van der Waals surface area contributed by atoms with E-state index in [-0.39, 0.29) is 11.3 Å². The summed E-state index contributed by atoms with van der Waals surface area (Å²) in [6, 6.07) is 0. The second kappa shape index (κ2) is 5.74. The van der Waals surface area contributed by atoms with Crippen molar-refractivity contribution < 1.29 is 9.53 Å². The van der Waals surface area contributed by atoms with Gasteiger partial charge in [-0.05, 0) is 19.8 Å². The highest BCUT2D eigenvalue weighted by Gasteiger charge is 2.32. The first-order chi connectivity index (χ1) is 9.09. The molecular formula is C14H23N3O2. The molecule has 5 heteroatoms. The van der Waals surface area contributed by atoms with Gasteiger partial charge in [-0.2, -0.15) is 5.10 Å². The highest BCUT2D eigenvalue weighted by atomic mass is 16.5. The topological polar surface area (TPSA) is 70.1 Å². The van der Waals surface area contributed by atoms with Gasteiger partial charge in [-0.3, -0.25) is 9.48 Å². The predicted octanol–water partition coefficient (Wildman–Crippen LogP) is 2.15. The molecule has 0 atom stereocenters. The maximum atomic E-state index is 12.5. The first-order valence-electron chi connectivity index (χ1n) is 7.01. The highest BCUT2D eigenvalue weighted by Crippen LogP contribution is 2.31. The molecule has 2 rings (SSSR count). The van der Waals surface area contributed by atoms with E-state index in [4.69, 9.17) is 10.5 Å². The molecule has 2 N–H and O–H groups in total. The van der Waals surface area contributed by atoms with E-state index in [1.165, 1.54) is 6.42 Å². The van der Waals surface area contributed by atoms with Gasteiger partial charge in [0.1, 0.15) is 5.69 Å². The number of carbonyl (C=O) groups is 1. The van der Waals surface area contributed by atoms with Crippen LogP contribution in [0.3, 0.4) is 0 Å². The lowest BCUT2D eigenvalue weighted by Crippen LogP contribution is -2.43. The number of aryl methyl sites for hydroxylation is 1. The van der Waals surface area contributed by atoms with Gasteiger partial charge in [-0.15, -0.1) is 0 Å². The third kappa shape index (κ3) is 2.97. The minimum Gasteiger partial charge on any atom is -0.493 e. The van der Waals surface area contributed by atoms with Crippen LogP contribution in [-0.4, -0.2) is 28.2 Å². The van der Waals surface area contributed by atoms with Gasteiger partial charge >= 0.3 is 0 Å². The van der Waals surface area contributed by atoms with E-state index in [9.17, 15) is 4.79 Å². The summed E-state index contributed by atoms with van der Waals surface area (Å²) in [6.07, 6.45) is 7.31. The average Bonchev–Trinajstić information content (AvgIpc) is 2.82. The Bertz CT molecular complexity index is 426. The number of ether oxygens (including phenoxy) is 1. The molecule has 1 aromatic heterocycles. The molecule has 1 aliphatic rings. The number of aromatic nitrogens is 2. The van der Waals surface area contributed by atoms with Crippen LogP contribution in [0.1, 0.15) is 55.9 Å². The smallest absolute Gasteiger partial charge is 0.186 e. The zero-order valence-electron chi connectivity index (χ0n) is 11.8. The number of methoxy groups -OCH3 is 1. The zero-order valence-corrected chi connectivity index (χ0v) is 11.8. The van der Waals surface area contributed by atoms with Crippen molar-refractivity contribution in [1.29, 1.82) is 0 Å². The molecular weight excluding hydrogens is 242 g/mol. The lowest BCUT2D eigenvalue weighted by Gasteiger charge is -2.32. The van der Waals surface area contributed by atoms with Crippen molar-refractivity contribution >= 4 is 5.78 Å². The first-order valence-corrected chi connectivity index (χ1v) is 7.01. The van der Waals surface area contributed by atoms with Gasteiger partial charge in [0.15, 0.2) is 11.5 Å². The van der Waals surface area contributed by atoms with Crippen LogP contribution in [0, 0.1) is 0 Å². The van der Waals surface area contributed by atoms with Gasteiger partial charge < -0.3 is 10.5 Å². The molecule has 0 bridgehead atoms. The number of ketones is 1. The minimum atomic E-state index is -0.344.